The van der Waals surface area contributed by atoms with E-state index in [2.05, 4.69) is 23.6 Å². The molecule has 2 N–H and O–H groups in total. The third-order valence-electron chi connectivity index (χ3n) is 3.53. The van der Waals surface area contributed by atoms with E-state index in [1.165, 1.54) is 5.56 Å². The Morgan fingerprint density at radius 1 is 1.47 bits per heavy atom. The molecule has 1 aromatic rings. The van der Waals surface area contributed by atoms with Gasteiger partial charge in [-0.1, -0.05) is 31.5 Å². The second-order valence-electron chi connectivity index (χ2n) is 4.95. The summed E-state index contributed by atoms with van der Waals surface area (Å²) in [6.45, 7) is 2.88. The van der Waals surface area contributed by atoms with Crippen LogP contribution in [0.5, 0.6) is 0 Å². The molecule has 2 rings (SSSR count). The highest BCUT2D eigenvalue weighted by Crippen LogP contribution is 2.18. The Morgan fingerprint density at radius 2 is 2.26 bits per heavy atom. The number of benzene rings is 1. The fourth-order valence-corrected chi connectivity index (χ4v) is 2.43. The fraction of sp³-hybridized carbons (Fsp3) is 0.533. The van der Waals surface area contributed by atoms with Crippen molar-refractivity contribution in [2.75, 3.05) is 19.0 Å². The normalized spacial score (nSPS) is 22.4. The van der Waals surface area contributed by atoms with Crippen LogP contribution in [0.25, 0.3) is 0 Å². The lowest BCUT2D eigenvalue weighted by atomic mass is 10.1. The lowest BCUT2D eigenvalue weighted by molar-refractivity contribution is -0.118. The standard InChI is InChI=1S/C15H22N2O2/c1-3-6-11-7-4-5-8-13(11)17-15(18)14-9-12(19-2)10-16-14/h4-5,7-8,12,14,16H,3,6,9-10H2,1-2H3,(H,17,18). The second kappa shape index (κ2) is 6.68. The van der Waals surface area contributed by atoms with Gasteiger partial charge in [-0.3, -0.25) is 4.79 Å². The zero-order valence-corrected chi connectivity index (χ0v) is 11.6. The molecule has 104 valence electrons. The highest BCUT2D eigenvalue weighted by molar-refractivity contribution is 5.95. The highest BCUT2D eigenvalue weighted by atomic mass is 16.5. The number of rotatable bonds is 5. The summed E-state index contributed by atoms with van der Waals surface area (Å²) >= 11 is 0. The molecule has 1 fully saturated rings. The van der Waals surface area contributed by atoms with Crippen molar-refractivity contribution in [3.05, 3.63) is 29.8 Å². The molecular weight excluding hydrogens is 240 g/mol. The Labute approximate surface area is 114 Å². The van der Waals surface area contributed by atoms with Crippen molar-refractivity contribution in [1.29, 1.82) is 0 Å². The summed E-state index contributed by atoms with van der Waals surface area (Å²) in [4.78, 5) is 12.2. The smallest absolute Gasteiger partial charge is 0.241 e. The number of carbonyl (C=O) groups is 1. The Hall–Kier alpha value is -1.39. The zero-order chi connectivity index (χ0) is 13.7. The van der Waals surface area contributed by atoms with Gasteiger partial charge in [0, 0.05) is 19.3 Å². The molecule has 1 aromatic carbocycles. The number of hydrogen-bond acceptors (Lipinski definition) is 3. The van der Waals surface area contributed by atoms with E-state index in [-0.39, 0.29) is 18.1 Å². The first-order valence-electron chi connectivity index (χ1n) is 6.89. The van der Waals surface area contributed by atoms with Gasteiger partial charge in [-0.2, -0.15) is 0 Å². The van der Waals surface area contributed by atoms with Gasteiger partial charge in [0.2, 0.25) is 5.91 Å². The van der Waals surface area contributed by atoms with Gasteiger partial charge in [0.25, 0.3) is 0 Å². The highest BCUT2D eigenvalue weighted by Gasteiger charge is 2.29. The average molecular weight is 262 g/mol. The van der Waals surface area contributed by atoms with Crippen LogP contribution < -0.4 is 10.6 Å². The summed E-state index contributed by atoms with van der Waals surface area (Å²) < 4.78 is 5.26. The molecule has 1 saturated heterocycles. The molecular formula is C15H22N2O2. The number of ether oxygens (including phenoxy) is 1. The maximum absolute atomic E-state index is 12.2. The van der Waals surface area contributed by atoms with Crippen molar-refractivity contribution in [3.63, 3.8) is 0 Å². The maximum atomic E-state index is 12.2. The molecule has 0 aromatic heterocycles. The Balaban J connectivity index is 1.99. The lowest BCUT2D eigenvalue weighted by Crippen LogP contribution is -2.35. The topological polar surface area (TPSA) is 50.4 Å². The van der Waals surface area contributed by atoms with Crippen molar-refractivity contribution >= 4 is 11.6 Å². The number of anilines is 1. The molecule has 0 saturated carbocycles. The first kappa shape index (κ1) is 14.0. The van der Waals surface area contributed by atoms with Crippen LogP contribution >= 0.6 is 0 Å². The van der Waals surface area contributed by atoms with Gasteiger partial charge in [-0.05, 0) is 24.5 Å². The van der Waals surface area contributed by atoms with Gasteiger partial charge in [0.05, 0.1) is 12.1 Å². The molecule has 1 amide bonds. The number of para-hydroxylation sites is 1. The molecule has 2 unspecified atom stereocenters. The third-order valence-corrected chi connectivity index (χ3v) is 3.53. The van der Waals surface area contributed by atoms with Crippen LogP contribution in [0.15, 0.2) is 24.3 Å². The van der Waals surface area contributed by atoms with Crippen LogP contribution in [0.2, 0.25) is 0 Å². The van der Waals surface area contributed by atoms with Gasteiger partial charge >= 0.3 is 0 Å². The molecule has 1 aliphatic rings. The van der Waals surface area contributed by atoms with Crippen molar-refractivity contribution in [2.24, 2.45) is 0 Å². The van der Waals surface area contributed by atoms with E-state index in [4.69, 9.17) is 4.74 Å². The van der Waals surface area contributed by atoms with E-state index >= 15 is 0 Å². The van der Waals surface area contributed by atoms with Crippen LogP contribution in [0.4, 0.5) is 5.69 Å². The van der Waals surface area contributed by atoms with E-state index in [0.29, 0.717) is 0 Å². The molecule has 0 bridgehead atoms. The molecule has 0 spiro atoms. The van der Waals surface area contributed by atoms with Crippen LogP contribution in [-0.2, 0) is 16.0 Å². The average Bonchev–Trinajstić information content (AvgIpc) is 2.90. The SMILES string of the molecule is CCCc1ccccc1NC(=O)C1CC(OC)CN1. The summed E-state index contributed by atoms with van der Waals surface area (Å²) in [6.07, 6.45) is 2.93. The molecule has 2 atom stereocenters. The second-order valence-corrected chi connectivity index (χ2v) is 4.95. The minimum Gasteiger partial charge on any atom is -0.380 e. The zero-order valence-electron chi connectivity index (χ0n) is 11.6. The first-order valence-corrected chi connectivity index (χ1v) is 6.89. The fourth-order valence-electron chi connectivity index (χ4n) is 2.43. The van der Waals surface area contributed by atoms with Gasteiger partial charge in [-0.25, -0.2) is 0 Å². The lowest BCUT2D eigenvalue weighted by Gasteiger charge is -2.14. The maximum Gasteiger partial charge on any atom is 0.241 e. The largest absolute Gasteiger partial charge is 0.380 e. The molecule has 19 heavy (non-hydrogen) atoms. The quantitative estimate of drug-likeness (QED) is 0.853. The van der Waals surface area contributed by atoms with E-state index in [1.807, 2.05) is 18.2 Å². The van der Waals surface area contributed by atoms with E-state index in [9.17, 15) is 4.79 Å². The monoisotopic (exact) mass is 262 g/mol. The Morgan fingerprint density at radius 3 is 2.95 bits per heavy atom. The predicted octanol–water partition coefficient (Wildman–Crippen LogP) is 1.95. The Kier molecular flexibility index (Phi) is 4.93. The number of methoxy groups -OCH3 is 1. The summed E-state index contributed by atoms with van der Waals surface area (Å²) in [5, 5.41) is 6.22. The molecule has 1 heterocycles. The molecule has 0 aliphatic carbocycles. The third kappa shape index (κ3) is 3.55. The summed E-state index contributed by atoms with van der Waals surface area (Å²) in [6, 6.07) is 7.84. The summed E-state index contributed by atoms with van der Waals surface area (Å²) in [5.41, 5.74) is 2.12. The number of carbonyl (C=O) groups excluding carboxylic acids is 1. The molecule has 0 radical (unpaired) electrons. The minimum atomic E-state index is -0.153. The first-order chi connectivity index (χ1) is 9.24. The predicted molar refractivity (Wildman–Crippen MR) is 76.3 cm³/mol. The Bertz CT molecular complexity index is 434. The van der Waals surface area contributed by atoms with Gasteiger partial charge in [-0.15, -0.1) is 0 Å². The molecule has 4 heteroatoms. The number of amides is 1. The van der Waals surface area contributed by atoms with Crippen molar-refractivity contribution in [1.82, 2.24) is 5.32 Å². The number of hydrogen-bond donors (Lipinski definition) is 2. The van der Waals surface area contributed by atoms with Gasteiger partial charge in [0.1, 0.15) is 0 Å². The summed E-state index contributed by atoms with van der Waals surface area (Å²) in [5.74, 6) is 0.0307. The van der Waals surface area contributed by atoms with Crippen LogP contribution in [0.1, 0.15) is 25.3 Å². The number of nitrogens with one attached hydrogen (secondary N) is 2. The van der Waals surface area contributed by atoms with Crippen molar-refractivity contribution < 1.29 is 9.53 Å². The van der Waals surface area contributed by atoms with E-state index < -0.39 is 0 Å². The van der Waals surface area contributed by atoms with Crippen molar-refractivity contribution in [3.8, 4) is 0 Å². The minimum absolute atomic E-state index is 0.0307. The molecule has 4 nitrogen and oxygen atoms in total. The summed E-state index contributed by atoms with van der Waals surface area (Å²) in [7, 11) is 1.68. The van der Waals surface area contributed by atoms with E-state index in [0.717, 1.165) is 31.5 Å². The van der Waals surface area contributed by atoms with Crippen LogP contribution in [0, 0.1) is 0 Å². The van der Waals surface area contributed by atoms with Crippen LogP contribution in [0.3, 0.4) is 0 Å². The number of aryl methyl sites for hydroxylation is 1. The van der Waals surface area contributed by atoms with E-state index in [1.54, 1.807) is 7.11 Å². The van der Waals surface area contributed by atoms with Crippen LogP contribution in [-0.4, -0.2) is 31.7 Å². The van der Waals surface area contributed by atoms with Crippen molar-refractivity contribution in [2.45, 2.75) is 38.3 Å². The molecule has 1 aliphatic heterocycles. The van der Waals surface area contributed by atoms with Gasteiger partial charge < -0.3 is 15.4 Å². The van der Waals surface area contributed by atoms with Gasteiger partial charge in [0.15, 0.2) is 0 Å².